The van der Waals surface area contributed by atoms with Crippen molar-refractivity contribution in [1.82, 2.24) is 0 Å². The van der Waals surface area contributed by atoms with Crippen LogP contribution in [0.1, 0.15) is 11.1 Å². The van der Waals surface area contributed by atoms with Crippen molar-refractivity contribution in [3.05, 3.63) is 59.4 Å². The van der Waals surface area contributed by atoms with Crippen LogP contribution in [-0.4, -0.2) is 11.3 Å². The number of aromatic hydroxyl groups is 1. The average molecular weight is 229 g/mol. The molecule has 0 aromatic heterocycles. The van der Waals surface area contributed by atoms with Gasteiger partial charge in [0.2, 0.25) is 0 Å². The first kappa shape index (κ1) is 11.3. The van der Waals surface area contributed by atoms with Gasteiger partial charge in [0, 0.05) is 11.8 Å². The molecule has 0 heterocycles. The lowest BCUT2D eigenvalue weighted by atomic mass is 10.2. The second-order valence-electron chi connectivity index (χ2n) is 3.75. The summed E-state index contributed by atoms with van der Waals surface area (Å²) in [5.41, 5.74) is 2.06. The lowest BCUT2D eigenvalue weighted by molar-refractivity contribution is 0.474. The highest BCUT2D eigenvalue weighted by molar-refractivity contribution is 5.85. The Kier molecular flexibility index (Phi) is 3.19. The summed E-state index contributed by atoms with van der Waals surface area (Å²) < 4.78 is 13.0. The summed E-state index contributed by atoms with van der Waals surface area (Å²) in [7, 11) is 0. The van der Waals surface area contributed by atoms with Crippen LogP contribution in [0.25, 0.3) is 0 Å². The van der Waals surface area contributed by atoms with Gasteiger partial charge in [0.25, 0.3) is 0 Å². The molecule has 0 saturated heterocycles. The highest BCUT2D eigenvalue weighted by atomic mass is 19.1. The molecule has 0 aliphatic carbocycles. The summed E-state index contributed by atoms with van der Waals surface area (Å²) in [6.07, 6.45) is 1.52. The molecular formula is C14H12FNO. The molecule has 17 heavy (non-hydrogen) atoms. The Bertz CT molecular complexity index is 564. The molecule has 2 aromatic rings. The number of para-hydroxylation sites is 1. The van der Waals surface area contributed by atoms with E-state index in [0.717, 1.165) is 5.56 Å². The first-order valence-electron chi connectivity index (χ1n) is 5.25. The summed E-state index contributed by atoms with van der Waals surface area (Å²) in [4.78, 5) is 4.17. The molecule has 2 nitrogen and oxygen atoms in total. The molecule has 0 bridgehead atoms. The van der Waals surface area contributed by atoms with Gasteiger partial charge in [-0.1, -0.05) is 18.2 Å². The molecular weight excluding hydrogens is 217 g/mol. The largest absolute Gasteiger partial charge is 0.507 e. The summed E-state index contributed by atoms with van der Waals surface area (Å²) in [6, 6.07) is 11.3. The Balaban J connectivity index is 2.32. The topological polar surface area (TPSA) is 32.6 Å². The van der Waals surface area contributed by atoms with Gasteiger partial charge in [-0.25, -0.2) is 4.39 Å². The van der Waals surface area contributed by atoms with E-state index in [1.807, 2.05) is 6.92 Å². The van der Waals surface area contributed by atoms with Crippen LogP contribution in [0.3, 0.4) is 0 Å². The maximum absolute atomic E-state index is 13.0. The minimum atomic E-state index is -0.319. The fraction of sp³-hybridized carbons (Fsp3) is 0.0714. The monoisotopic (exact) mass is 229 g/mol. The Hall–Kier alpha value is -2.16. The van der Waals surface area contributed by atoms with Gasteiger partial charge in [-0.15, -0.1) is 0 Å². The Morgan fingerprint density at radius 2 is 1.94 bits per heavy atom. The van der Waals surface area contributed by atoms with Crippen molar-refractivity contribution in [3.8, 4) is 5.75 Å². The van der Waals surface area contributed by atoms with E-state index in [1.165, 1.54) is 18.3 Å². The smallest absolute Gasteiger partial charge is 0.125 e. The van der Waals surface area contributed by atoms with Gasteiger partial charge in [-0.05, 0) is 36.8 Å². The number of halogens is 1. The minimum absolute atomic E-state index is 0.158. The number of nitrogens with zero attached hydrogens (tertiary/aromatic N) is 1. The number of hydrogen-bond acceptors (Lipinski definition) is 2. The van der Waals surface area contributed by atoms with E-state index in [0.29, 0.717) is 11.3 Å². The van der Waals surface area contributed by atoms with E-state index in [1.54, 1.807) is 30.3 Å². The summed E-state index contributed by atoms with van der Waals surface area (Å²) in [6.45, 7) is 1.86. The van der Waals surface area contributed by atoms with Crippen LogP contribution < -0.4 is 0 Å². The van der Waals surface area contributed by atoms with Gasteiger partial charge in [-0.2, -0.15) is 0 Å². The van der Waals surface area contributed by atoms with Crippen LogP contribution in [0, 0.1) is 12.7 Å². The van der Waals surface area contributed by atoms with Gasteiger partial charge in [0.15, 0.2) is 0 Å². The number of aliphatic imine (C=N–C) groups is 1. The first-order valence-corrected chi connectivity index (χ1v) is 5.25. The van der Waals surface area contributed by atoms with Crippen molar-refractivity contribution >= 4 is 11.9 Å². The third-order valence-electron chi connectivity index (χ3n) is 2.45. The van der Waals surface area contributed by atoms with Gasteiger partial charge < -0.3 is 5.11 Å². The number of rotatable bonds is 2. The van der Waals surface area contributed by atoms with Gasteiger partial charge in [0.05, 0.1) is 5.69 Å². The Morgan fingerprint density at radius 1 is 1.18 bits per heavy atom. The zero-order valence-electron chi connectivity index (χ0n) is 9.39. The molecule has 0 fully saturated rings. The fourth-order valence-electron chi connectivity index (χ4n) is 1.46. The number of benzene rings is 2. The summed E-state index contributed by atoms with van der Waals surface area (Å²) >= 11 is 0. The van der Waals surface area contributed by atoms with Crippen LogP contribution in [0.2, 0.25) is 0 Å². The van der Waals surface area contributed by atoms with E-state index >= 15 is 0 Å². The van der Waals surface area contributed by atoms with Crippen LogP contribution in [-0.2, 0) is 0 Å². The third-order valence-corrected chi connectivity index (χ3v) is 2.45. The molecule has 86 valence electrons. The van der Waals surface area contributed by atoms with Crippen molar-refractivity contribution in [3.63, 3.8) is 0 Å². The second-order valence-corrected chi connectivity index (χ2v) is 3.75. The number of hydrogen-bond donors (Lipinski definition) is 1. The Labute approximate surface area is 99.1 Å². The van der Waals surface area contributed by atoms with Crippen LogP contribution in [0.15, 0.2) is 47.5 Å². The van der Waals surface area contributed by atoms with E-state index in [-0.39, 0.29) is 11.6 Å². The molecule has 0 unspecified atom stereocenters. The minimum Gasteiger partial charge on any atom is -0.507 e. The highest BCUT2D eigenvalue weighted by Gasteiger charge is 1.99. The number of phenols is 1. The second kappa shape index (κ2) is 4.78. The third kappa shape index (κ3) is 2.69. The first-order chi connectivity index (χ1) is 8.16. The van der Waals surface area contributed by atoms with E-state index in [9.17, 15) is 9.50 Å². The SMILES string of the molecule is Cc1ccc(F)cc1N=Cc1ccccc1O. The van der Waals surface area contributed by atoms with Crippen molar-refractivity contribution in [1.29, 1.82) is 0 Å². The molecule has 2 rings (SSSR count). The molecule has 0 spiro atoms. The molecule has 0 atom stereocenters. The van der Waals surface area contributed by atoms with Crippen LogP contribution in [0.5, 0.6) is 5.75 Å². The van der Waals surface area contributed by atoms with Crippen molar-refractivity contribution in [2.24, 2.45) is 4.99 Å². The standard InChI is InChI=1S/C14H12FNO/c1-10-6-7-12(15)8-13(10)16-9-11-4-2-3-5-14(11)17/h2-9,17H,1H3. The zero-order chi connectivity index (χ0) is 12.3. The predicted molar refractivity (Wildman–Crippen MR) is 66.5 cm³/mol. The Morgan fingerprint density at radius 3 is 2.71 bits per heavy atom. The summed E-state index contributed by atoms with van der Waals surface area (Å²) in [5, 5.41) is 9.55. The maximum atomic E-state index is 13.0. The molecule has 1 N–H and O–H groups in total. The van der Waals surface area contributed by atoms with Crippen molar-refractivity contribution in [2.45, 2.75) is 6.92 Å². The molecule has 0 amide bonds. The van der Waals surface area contributed by atoms with Gasteiger partial charge in [0.1, 0.15) is 11.6 Å². The van der Waals surface area contributed by atoms with Gasteiger partial charge in [-0.3, -0.25) is 4.99 Å². The quantitative estimate of drug-likeness (QED) is 0.784. The molecule has 0 saturated carbocycles. The lowest BCUT2D eigenvalue weighted by Crippen LogP contribution is -1.83. The van der Waals surface area contributed by atoms with E-state index in [4.69, 9.17) is 0 Å². The molecule has 0 radical (unpaired) electrons. The van der Waals surface area contributed by atoms with Crippen LogP contribution in [0.4, 0.5) is 10.1 Å². The van der Waals surface area contributed by atoms with Crippen LogP contribution >= 0.6 is 0 Å². The maximum Gasteiger partial charge on any atom is 0.125 e. The van der Waals surface area contributed by atoms with E-state index in [2.05, 4.69) is 4.99 Å². The number of phenolic OH excluding ortho intramolecular Hbond substituents is 1. The highest BCUT2D eigenvalue weighted by Crippen LogP contribution is 2.20. The normalized spacial score (nSPS) is 10.9. The van der Waals surface area contributed by atoms with Crippen molar-refractivity contribution < 1.29 is 9.50 Å². The molecule has 0 aliphatic heterocycles. The van der Waals surface area contributed by atoms with Gasteiger partial charge >= 0.3 is 0 Å². The lowest BCUT2D eigenvalue weighted by Gasteiger charge is -2.00. The fourth-order valence-corrected chi connectivity index (χ4v) is 1.46. The molecule has 0 aliphatic rings. The number of aryl methyl sites for hydroxylation is 1. The van der Waals surface area contributed by atoms with Crippen molar-refractivity contribution in [2.75, 3.05) is 0 Å². The zero-order valence-corrected chi connectivity index (χ0v) is 9.39. The predicted octanol–water partition coefficient (Wildman–Crippen LogP) is 3.59. The summed E-state index contributed by atoms with van der Waals surface area (Å²) in [5.74, 6) is -0.162. The average Bonchev–Trinajstić information content (AvgIpc) is 2.32. The molecule has 3 heteroatoms. The molecule has 2 aromatic carbocycles. The van der Waals surface area contributed by atoms with E-state index < -0.39 is 0 Å².